The van der Waals surface area contributed by atoms with Gasteiger partial charge in [0.1, 0.15) is 23.6 Å². The van der Waals surface area contributed by atoms with Gasteiger partial charge in [0.25, 0.3) is 0 Å². The molecule has 0 bridgehead atoms. The molecule has 0 saturated heterocycles. The second-order valence-corrected chi connectivity index (χ2v) is 5.84. The predicted molar refractivity (Wildman–Crippen MR) is 77.2 cm³/mol. The fraction of sp³-hybridized carbons (Fsp3) is 0.0769. The van der Waals surface area contributed by atoms with Crippen molar-refractivity contribution in [3.05, 3.63) is 67.0 Å². The maximum Gasteiger partial charge on any atom is 0.146 e. The van der Waals surface area contributed by atoms with Crippen LogP contribution in [0.15, 0.2) is 34.8 Å². The van der Waals surface area contributed by atoms with Gasteiger partial charge in [-0.3, -0.25) is 0 Å². The summed E-state index contributed by atoms with van der Waals surface area (Å²) in [7, 11) is 0. The van der Waals surface area contributed by atoms with Crippen molar-refractivity contribution in [2.24, 2.45) is 0 Å². The molecule has 0 aromatic heterocycles. The zero-order valence-corrected chi connectivity index (χ0v) is 13.0. The van der Waals surface area contributed by atoms with Crippen LogP contribution in [0.5, 0.6) is 0 Å². The van der Waals surface area contributed by atoms with Crippen LogP contribution in [-0.2, 0) is 0 Å². The summed E-state index contributed by atoms with van der Waals surface area (Å²) in [4.78, 5) is 0. The minimum atomic E-state index is -1.50. The fourth-order valence-corrected chi connectivity index (χ4v) is 2.79. The Labute approximate surface area is 129 Å². The molecule has 1 unspecified atom stereocenters. The minimum Gasteiger partial charge on any atom is -0.383 e. The molecule has 0 aliphatic heterocycles. The van der Waals surface area contributed by atoms with Crippen molar-refractivity contribution >= 4 is 38.5 Å². The molecule has 1 atom stereocenters. The molecule has 1 nitrogen and oxygen atoms in total. The molecule has 100 valence electrons. The fourth-order valence-electron chi connectivity index (χ4n) is 1.67. The van der Waals surface area contributed by atoms with E-state index in [0.717, 1.165) is 12.1 Å². The number of hydrogen-bond acceptors (Lipinski definition) is 1. The van der Waals surface area contributed by atoms with Crippen LogP contribution in [0.4, 0.5) is 13.2 Å². The lowest BCUT2D eigenvalue weighted by Gasteiger charge is -2.15. The van der Waals surface area contributed by atoms with E-state index in [-0.39, 0.29) is 10.0 Å². The summed E-state index contributed by atoms with van der Waals surface area (Å²) in [6.45, 7) is 0. The number of aliphatic hydroxyl groups excluding tert-OH is 1. The molecule has 6 heteroatoms. The molecule has 0 fully saturated rings. The van der Waals surface area contributed by atoms with E-state index >= 15 is 0 Å². The molecular weight excluding hydrogens is 436 g/mol. The first-order valence-electron chi connectivity index (χ1n) is 5.18. The molecule has 19 heavy (non-hydrogen) atoms. The molecule has 1 N–H and O–H groups in total. The summed E-state index contributed by atoms with van der Waals surface area (Å²) >= 11 is 4.74. The van der Waals surface area contributed by atoms with Crippen LogP contribution in [-0.4, -0.2) is 5.11 Å². The van der Waals surface area contributed by atoms with Crippen molar-refractivity contribution in [2.75, 3.05) is 0 Å². The average Bonchev–Trinajstić information content (AvgIpc) is 2.34. The minimum absolute atomic E-state index is 0.0556. The van der Waals surface area contributed by atoms with E-state index in [1.165, 1.54) is 18.2 Å². The number of aliphatic hydroxyl groups is 1. The van der Waals surface area contributed by atoms with Gasteiger partial charge in [0.05, 0.1) is 10.0 Å². The van der Waals surface area contributed by atoms with Crippen molar-refractivity contribution in [3.8, 4) is 0 Å². The van der Waals surface area contributed by atoms with E-state index in [9.17, 15) is 18.3 Å². The van der Waals surface area contributed by atoms with Gasteiger partial charge in [0.2, 0.25) is 0 Å². The van der Waals surface area contributed by atoms with Crippen LogP contribution in [0.2, 0.25) is 0 Å². The smallest absolute Gasteiger partial charge is 0.146 e. The third-order valence-corrected chi connectivity index (χ3v) is 4.16. The predicted octanol–water partition coefficient (Wildman–Crippen LogP) is 4.55. The topological polar surface area (TPSA) is 20.2 Å². The molecule has 0 radical (unpaired) electrons. The van der Waals surface area contributed by atoms with Gasteiger partial charge in [-0.2, -0.15) is 0 Å². The van der Waals surface area contributed by atoms with E-state index < -0.39 is 29.1 Å². The lowest BCUT2D eigenvalue weighted by atomic mass is 10.0. The number of rotatable bonds is 2. The molecule has 0 aliphatic carbocycles. The molecule has 0 saturated carbocycles. The van der Waals surface area contributed by atoms with Crippen molar-refractivity contribution in [1.82, 2.24) is 0 Å². The van der Waals surface area contributed by atoms with Gasteiger partial charge in [-0.1, -0.05) is 6.07 Å². The van der Waals surface area contributed by atoms with Crippen molar-refractivity contribution in [3.63, 3.8) is 0 Å². The summed E-state index contributed by atoms with van der Waals surface area (Å²) in [6, 6.07) is 5.90. The largest absolute Gasteiger partial charge is 0.383 e. The average molecular weight is 443 g/mol. The Morgan fingerprint density at radius 2 is 1.79 bits per heavy atom. The second-order valence-electron chi connectivity index (χ2n) is 3.83. The Morgan fingerprint density at radius 3 is 2.42 bits per heavy atom. The van der Waals surface area contributed by atoms with E-state index in [1.807, 2.05) is 0 Å². The quantitative estimate of drug-likeness (QED) is 0.534. The summed E-state index contributed by atoms with van der Waals surface area (Å²) in [5.41, 5.74) is -0.211. The zero-order chi connectivity index (χ0) is 14.2. The van der Waals surface area contributed by atoms with Crippen LogP contribution < -0.4 is 0 Å². The standard InChI is InChI=1S/C13H7BrF3IO/c14-8-3-4-9(16)11(12(8)17)13(19)7-2-1-6(15)5-10(7)18/h1-5,13,19H. The SMILES string of the molecule is OC(c1ccc(F)cc1I)c1c(F)ccc(Br)c1F. The van der Waals surface area contributed by atoms with Gasteiger partial charge >= 0.3 is 0 Å². The number of benzene rings is 2. The van der Waals surface area contributed by atoms with Crippen molar-refractivity contribution < 1.29 is 18.3 Å². The van der Waals surface area contributed by atoms with Gasteiger partial charge in [0.15, 0.2) is 0 Å². The summed E-state index contributed by atoms with van der Waals surface area (Å²) in [5, 5.41) is 10.1. The maximum absolute atomic E-state index is 13.9. The Morgan fingerprint density at radius 1 is 1.11 bits per heavy atom. The number of halogens is 5. The summed E-state index contributed by atoms with van der Waals surface area (Å²) in [6.07, 6.45) is -1.50. The Bertz CT molecular complexity index is 634. The van der Waals surface area contributed by atoms with Crippen LogP contribution in [0, 0.1) is 21.0 Å². The first-order valence-corrected chi connectivity index (χ1v) is 7.05. The van der Waals surface area contributed by atoms with E-state index in [1.54, 1.807) is 22.6 Å². The molecule has 2 rings (SSSR count). The summed E-state index contributed by atoms with van der Waals surface area (Å²) in [5.74, 6) is -2.20. The van der Waals surface area contributed by atoms with Crippen LogP contribution in [0.25, 0.3) is 0 Å². The summed E-state index contributed by atoms with van der Waals surface area (Å²) < 4.78 is 41.0. The van der Waals surface area contributed by atoms with Crippen LogP contribution in [0.3, 0.4) is 0 Å². The molecule has 2 aromatic rings. The maximum atomic E-state index is 13.9. The highest BCUT2D eigenvalue weighted by molar-refractivity contribution is 14.1. The highest BCUT2D eigenvalue weighted by Gasteiger charge is 2.23. The molecule has 0 spiro atoms. The molecular formula is C13H7BrF3IO. The zero-order valence-electron chi connectivity index (χ0n) is 9.30. The first-order chi connectivity index (χ1) is 8.91. The van der Waals surface area contributed by atoms with Crippen molar-refractivity contribution in [1.29, 1.82) is 0 Å². The number of hydrogen-bond donors (Lipinski definition) is 1. The second kappa shape index (κ2) is 5.80. The van der Waals surface area contributed by atoms with Gasteiger partial charge < -0.3 is 5.11 Å². The van der Waals surface area contributed by atoms with E-state index in [4.69, 9.17) is 0 Å². The highest BCUT2D eigenvalue weighted by Crippen LogP contribution is 2.32. The molecule has 0 heterocycles. The first kappa shape index (κ1) is 14.8. The van der Waals surface area contributed by atoms with E-state index in [0.29, 0.717) is 3.57 Å². The third-order valence-electron chi connectivity index (χ3n) is 2.61. The highest BCUT2D eigenvalue weighted by atomic mass is 127. The monoisotopic (exact) mass is 442 g/mol. The Balaban J connectivity index is 2.56. The Kier molecular flexibility index (Phi) is 4.52. The van der Waals surface area contributed by atoms with Gasteiger partial charge in [0, 0.05) is 3.57 Å². The van der Waals surface area contributed by atoms with Gasteiger partial charge in [-0.05, 0) is 68.3 Å². The lowest BCUT2D eigenvalue weighted by molar-refractivity contribution is 0.208. The van der Waals surface area contributed by atoms with Crippen molar-refractivity contribution in [2.45, 2.75) is 6.10 Å². The van der Waals surface area contributed by atoms with E-state index in [2.05, 4.69) is 15.9 Å². The van der Waals surface area contributed by atoms with Crippen LogP contribution in [0.1, 0.15) is 17.2 Å². The third kappa shape index (κ3) is 2.95. The van der Waals surface area contributed by atoms with Crippen LogP contribution >= 0.6 is 38.5 Å². The van der Waals surface area contributed by atoms with Gasteiger partial charge in [-0.15, -0.1) is 0 Å². The Hall–Kier alpha value is -0.600. The molecule has 2 aromatic carbocycles. The molecule has 0 amide bonds. The normalized spacial score (nSPS) is 12.5. The lowest BCUT2D eigenvalue weighted by Crippen LogP contribution is -2.08. The van der Waals surface area contributed by atoms with Gasteiger partial charge in [-0.25, -0.2) is 13.2 Å². The molecule has 0 aliphatic rings.